The summed E-state index contributed by atoms with van der Waals surface area (Å²) in [5.41, 5.74) is 2.11. The molecule has 1 heterocycles. The smallest absolute Gasteiger partial charge is 0.306 e. The SMILES string of the molecule is COc1ccccc1C(=O)NC1CCN(C(=O)[C@H]2CC[C@@](C(=O)NCCCC(=O)OC(C)C)(c3ccccc3)c3ccccc32)CC1.S. The number of piperidine rings is 1. The molecule has 256 valence electrons. The Bertz CT molecular complexity index is 1570. The van der Waals surface area contributed by atoms with Gasteiger partial charge in [0.25, 0.3) is 5.91 Å². The van der Waals surface area contributed by atoms with Crippen molar-refractivity contribution in [2.75, 3.05) is 26.7 Å². The normalized spacial score (nSPS) is 19.0. The molecule has 1 saturated heterocycles. The van der Waals surface area contributed by atoms with Crippen LogP contribution in [0.1, 0.15) is 85.3 Å². The number of carbonyl (C=O) groups is 4. The van der Waals surface area contributed by atoms with Gasteiger partial charge in [-0.1, -0.05) is 66.7 Å². The van der Waals surface area contributed by atoms with Crippen LogP contribution >= 0.6 is 13.5 Å². The molecule has 2 aliphatic rings. The third-order valence-electron chi connectivity index (χ3n) is 9.26. The lowest BCUT2D eigenvalue weighted by Crippen LogP contribution is -2.51. The molecular weight excluding hydrogens is 627 g/mol. The maximum Gasteiger partial charge on any atom is 0.306 e. The fourth-order valence-corrected chi connectivity index (χ4v) is 6.95. The highest BCUT2D eigenvalue weighted by Crippen LogP contribution is 2.48. The second-order valence-corrected chi connectivity index (χ2v) is 12.6. The highest BCUT2D eigenvalue weighted by molar-refractivity contribution is 7.59. The molecule has 3 aromatic carbocycles. The monoisotopic (exact) mass is 673 g/mol. The van der Waals surface area contributed by atoms with E-state index in [4.69, 9.17) is 9.47 Å². The molecular formula is C38H47N3O6S. The number of amides is 3. The van der Waals surface area contributed by atoms with Crippen molar-refractivity contribution in [2.24, 2.45) is 0 Å². The zero-order valence-corrected chi connectivity index (χ0v) is 29.0. The molecule has 0 aromatic heterocycles. The van der Waals surface area contributed by atoms with Crippen LogP contribution in [-0.2, 0) is 24.5 Å². The summed E-state index contributed by atoms with van der Waals surface area (Å²) in [6.45, 7) is 5.05. The van der Waals surface area contributed by atoms with Gasteiger partial charge < -0.3 is 25.0 Å². The predicted molar refractivity (Wildman–Crippen MR) is 190 cm³/mol. The number of benzene rings is 3. The summed E-state index contributed by atoms with van der Waals surface area (Å²) in [6.07, 6.45) is 2.82. The second-order valence-electron chi connectivity index (χ2n) is 12.6. The van der Waals surface area contributed by atoms with E-state index in [0.29, 0.717) is 63.1 Å². The van der Waals surface area contributed by atoms with Crippen molar-refractivity contribution >= 4 is 37.2 Å². The van der Waals surface area contributed by atoms with E-state index in [-0.39, 0.29) is 61.7 Å². The van der Waals surface area contributed by atoms with Crippen molar-refractivity contribution < 1.29 is 28.7 Å². The van der Waals surface area contributed by atoms with E-state index in [1.165, 1.54) is 0 Å². The van der Waals surface area contributed by atoms with Crippen molar-refractivity contribution in [1.82, 2.24) is 15.5 Å². The van der Waals surface area contributed by atoms with E-state index < -0.39 is 5.41 Å². The lowest BCUT2D eigenvalue weighted by molar-refractivity contribution is -0.147. The van der Waals surface area contributed by atoms with Gasteiger partial charge in [-0.25, -0.2) is 0 Å². The van der Waals surface area contributed by atoms with Crippen molar-refractivity contribution in [3.05, 3.63) is 101 Å². The summed E-state index contributed by atoms with van der Waals surface area (Å²) in [5.74, 6) is -0.385. The molecule has 9 nitrogen and oxygen atoms in total. The van der Waals surface area contributed by atoms with Crippen LogP contribution in [0.3, 0.4) is 0 Å². The van der Waals surface area contributed by atoms with Crippen LogP contribution in [-0.4, -0.2) is 67.5 Å². The summed E-state index contributed by atoms with van der Waals surface area (Å²) in [4.78, 5) is 55.2. The van der Waals surface area contributed by atoms with Gasteiger partial charge in [0.05, 0.1) is 30.1 Å². The Kier molecular flexibility index (Phi) is 12.7. The van der Waals surface area contributed by atoms with Gasteiger partial charge in [-0.15, -0.1) is 0 Å². The van der Waals surface area contributed by atoms with Gasteiger partial charge in [-0.3, -0.25) is 19.2 Å². The van der Waals surface area contributed by atoms with Crippen LogP contribution in [0.2, 0.25) is 0 Å². The highest BCUT2D eigenvalue weighted by Gasteiger charge is 2.48. The highest BCUT2D eigenvalue weighted by atomic mass is 32.1. The Hall–Kier alpha value is -4.31. The molecule has 0 saturated carbocycles. The molecule has 10 heteroatoms. The molecule has 48 heavy (non-hydrogen) atoms. The molecule has 1 fully saturated rings. The number of ether oxygens (including phenoxy) is 2. The number of esters is 1. The summed E-state index contributed by atoms with van der Waals surface area (Å²) >= 11 is 0. The summed E-state index contributed by atoms with van der Waals surface area (Å²) < 4.78 is 10.6. The molecule has 2 N–H and O–H groups in total. The van der Waals surface area contributed by atoms with Gasteiger partial charge in [0, 0.05) is 32.1 Å². The Morgan fingerprint density at radius 3 is 2.27 bits per heavy atom. The van der Waals surface area contributed by atoms with Crippen LogP contribution in [0.15, 0.2) is 78.9 Å². The lowest BCUT2D eigenvalue weighted by Gasteiger charge is -2.42. The standard InChI is InChI=1S/C38H45N3O6.H2S/c1-26(2)47-34(42)18-11-23-39-37(45)38(27-12-5-4-6-13-27)22-19-30(29-14-7-9-16-32(29)38)36(44)41-24-20-28(21-25-41)40-35(43)31-15-8-10-17-33(31)46-3;/h4-10,12-17,26,28,30H,11,18-25H2,1-3H3,(H,39,45)(H,40,43);1H2/t30-,38+;/m0./s1. The van der Waals surface area contributed by atoms with Crippen molar-refractivity contribution in [3.63, 3.8) is 0 Å². The number of para-hydroxylation sites is 1. The van der Waals surface area contributed by atoms with Gasteiger partial charge in [0.1, 0.15) is 5.75 Å². The second kappa shape index (κ2) is 16.7. The van der Waals surface area contributed by atoms with Crippen molar-refractivity contribution in [1.29, 1.82) is 0 Å². The molecule has 2 atom stereocenters. The Labute approximate surface area is 290 Å². The number of carbonyl (C=O) groups excluding carboxylic acids is 4. The number of rotatable bonds is 11. The molecule has 1 aliphatic heterocycles. The number of fused-ring (bicyclic) bond motifs is 1. The first-order valence-electron chi connectivity index (χ1n) is 16.6. The first kappa shape index (κ1) is 36.5. The van der Waals surface area contributed by atoms with Crippen LogP contribution in [0.5, 0.6) is 5.75 Å². The zero-order chi connectivity index (χ0) is 33.4. The van der Waals surface area contributed by atoms with Gasteiger partial charge in [0.15, 0.2) is 0 Å². The maximum atomic E-state index is 14.2. The fourth-order valence-electron chi connectivity index (χ4n) is 6.95. The summed E-state index contributed by atoms with van der Waals surface area (Å²) in [7, 11) is 1.55. The van der Waals surface area contributed by atoms with Crippen molar-refractivity contribution in [3.8, 4) is 5.75 Å². The molecule has 0 unspecified atom stereocenters. The van der Waals surface area contributed by atoms with E-state index in [9.17, 15) is 19.2 Å². The third-order valence-corrected chi connectivity index (χ3v) is 9.26. The van der Waals surface area contributed by atoms with Gasteiger partial charge >= 0.3 is 5.97 Å². The largest absolute Gasteiger partial charge is 0.496 e. The predicted octanol–water partition coefficient (Wildman–Crippen LogP) is 5.24. The average Bonchev–Trinajstić information content (AvgIpc) is 3.09. The maximum absolute atomic E-state index is 14.2. The van der Waals surface area contributed by atoms with Crippen LogP contribution < -0.4 is 15.4 Å². The van der Waals surface area contributed by atoms with Gasteiger partial charge in [-0.2, -0.15) is 13.5 Å². The third kappa shape index (κ3) is 8.03. The number of likely N-dealkylation sites (tertiary alicyclic amines) is 1. The topological polar surface area (TPSA) is 114 Å². The number of hydrogen-bond donors (Lipinski definition) is 2. The minimum Gasteiger partial charge on any atom is -0.496 e. The summed E-state index contributed by atoms with van der Waals surface area (Å²) in [6, 6.07) is 24.6. The minimum atomic E-state index is -0.969. The molecule has 3 aromatic rings. The van der Waals surface area contributed by atoms with Crippen LogP contribution in [0, 0.1) is 0 Å². The Balaban J connectivity index is 0.00000520. The quantitative estimate of drug-likeness (QED) is 0.213. The Morgan fingerprint density at radius 2 is 1.56 bits per heavy atom. The first-order chi connectivity index (χ1) is 22.7. The molecule has 0 bridgehead atoms. The van der Waals surface area contributed by atoms with Gasteiger partial charge in [-0.05, 0) is 74.8 Å². The summed E-state index contributed by atoms with van der Waals surface area (Å²) in [5, 5.41) is 6.22. The molecule has 5 rings (SSSR count). The number of hydrogen-bond acceptors (Lipinski definition) is 6. The van der Waals surface area contributed by atoms with E-state index in [0.717, 1.165) is 16.7 Å². The van der Waals surface area contributed by atoms with E-state index in [1.807, 2.05) is 85.5 Å². The molecule has 3 amide bonds. The number of nitrogens with zero attached hydrogens (tertiary/aromatic N) is 1. The van der Waals surface area contributed by atoms with Crippen LogP contribution in [0.4, 0.5) is 0 Å². The van der Waals surface area contributed by atoms with Crippen LogP contribution in [0.25, 0.3) is 0 Å². The van der Waals surface area contributed by atoms with E-state index in [1.54, 1.807) is 19.2 Å². The van der Waals surface area contributed by atoms with Crippen molar-refractivity contribution in [2.45, 2.75) is 75.9 Å². The molecule has 1 aliphatic carbocycles. The number of nitrogens with one attached hydrogen (secondary N) is 2. The van der Waals surface area contributed by atoms with E-state index >= 15 is 0 Å². The average molecular weight is 674 g/mol. The first-order valence-corrected chi connectivity index (χ1v) is 16.6. The molecule has 0 spiro atoms. The Morgan fingerprint density at radius 1 is 0.896 bits per heavy atom. The fraction of sp³-hybridized carbons (Fsp3) is 0.421. The number of methoxy groups -OCH3 is 1. The zero-order valence-electron chi connectivity index (χ0n) is 28.0. The molecule has 0 radical (unpaired) electrons. The van der Waals surface area contributed by atoms with Gasteiger partial charge in [0.2, 0.25) is 11.8 Å². The minimum absolute atomic E-state index is 0. The lowest BCUT2D eigenvalue weighted by atomic mass is 9.62. The van der Waals surface area contributed by atoms with E-state index in [2.05, 4.69) is 10.6 Å².